The zero-order chi connectivity index (χ0) is 27.4. The van der Waals surface area contributed by atoms with Crippen molar-refractivity contribution in [3.63, 3.8) is 0 Å². The van der Waals surface area contributed by atoms with Gasteiger partial charge in [-0.25, -0.2) is 0 Å². The zero-order valence-electron chi connectivity index (χ0n) is 22.8. The van der Waals surface area contributed by atoms with Crippen molar-refractivity contribution in [2.45, 2.75) is 70.5 Å². The standard InChI is InChI=1S/C32H37N3O4/c1-22(31(37)33-25-13-4-3-5-14-25)35(21-23-10-6-15-26(20-23)39-2)29(36)18-9-19-34-28-17-8-12-24-11-7-16-27(30(24)28)32(34)38/h6-8,10-12,15-17,20,22,25H,3-5,9,13-14,18-19,21H2,1-2H3,(H,33,37). The third-order valence-electron chi connectivity index (χ3n) is 8.03. The van der Waals surface area contributed by atoms with Crippen LogP contribution in [0.2, 0.25) is 0 Å². The lowest BCUT2D eigenvalue weighted by Gasteiger charge is -2.31. The molecule has 3 amide bonds. The number of nitrogens with one attached hydrogen (secondary N) is 1. The van der Waals surface area contributed by atoms with Crippen molar-refractivity contribution in [2.75, 3.05) is 18.6 Å². The first-order valence-electron chi connectivity index (χ1n) is 14.0. The van der Waals surface area contributed by atoms with Crippen molar-refractivity contribution in [2.24, 2.45) is 0 Å². The lowest BCUT2D eigenvalue weighted by atomic mass is 9.95. The SMILES string of the molecule is COc1cccc(CN(C(=O)CCCN2C(=O)c3cccc4cccc2c34)C(C)C(=O)NC2CCCCC2)c1. The molecule has 3 aromatic rings. The highest BCUT2D eigenvalue weighted by molar-refractivity contribution is 6.25. The van der Waals surface area contributed by atoms with Gasteiger partial charge in [0.2, 0.25) is 11.8 Å². The van der Waals surface area contributed by atoms with Gasteiger partial charge in [0.05, 0.1) is 12.8 Å². The van der Waals surface area contributed by atoms with Gasteiger partial charge < -0.3 is 19.9 Å². The number of rotatable bonds is 10. The number of amides is 3. The maximum absolute atomic E-state index is 13.6. The number of methoxy groups -OCH3 is 1. The van der Waals surface area contributed by atoms with E-state index in [0.29, 0.717) is 30.8 Å². The molecule has 1 saturated carbocycles. The molecular weight excluding hydrogens is 490 g/mol. The van der Waals surface area contributed by atoms with Gasteiger partial charge in [0.1, 0.15) is 11.8 Å². The van der Waals surface area contributed by atoms with Gasteiger partial charge in [-0.2, -0.15) is 0 Å². The van der Waals surface area contributed by atoms with Crippen molar-refractivity contribution < 1.29 is 19.1 Å². The zero-order valence-corrected chi connectivity index (χ0v) is 22.8. The van der Waals surface area contributed by atoms with Gasteiger partial charge in [0.15, 0.2) is 0 Å². The van der Waals surface area contributed by atoms with Crippen molar-refractivity contribution in [1.82, 2.24) is 10.2 Å². The van der Waals surface area contributed by atoms with E-state index >= 15 is 0 Å². The molecule has 1 aliphatic carbocycles. The summed E-state index contributed by atoms with van der Waals surface area (Å²) in [6, 6.07) is 18.9. The minimum absolute atomic E-state index is 0.0253. The molecule has 0 aromatic heterocycles. The number of carbonyl (C=O) groups is 3. The molecule has 2 aliphatic rings. The lowest BCUT2D eigenvalue weighted by Crippen LogP contribution is -2.50. The fourth-order valence-electron chi connectivity index (χ4n) is 5.85. The summed E-state index contributed by atoms with van der Waals surface area (Å²) in [6.45, 7) is 2.55. The van der Waals surface area contributed by atoms with E-state index in [9.17, 15) is 14.4 Å². The minimum Gasteiger partial charge on any atom is -0.497 e. The number of benzene rings is 3. The number of ether oxygens (including phenoxy) is 1. The Labute approximate surface area is 230 Å². The quantitative estimate of drug-likeness (QED) is 0.380. The molecular formula is C32H37N3O4. The Bertz CT molecular complexity index is 1360. The highest BCUT2D eigenvalue weighted by Gasteiger charge is 2.31. The van der Waals surface area contributed by atoms with E-state index in [4.69, 9.17) is 4.74 Å². The molecule has 1 heterocycles. The molecule has 7 heteroatoms. The molecule has 1 fully saturated rings. The predicted molar refractivity (Wildman–Crippen MR) is 153 cm³/mol. The second-order valence-corrected chi connectivity index (χ2v) is 10.6. The number of carbonyl (C=O) groups excluding carboxylic acids is 3. The van der Waals surface area contributed by atoms with Crippen LogP contribution >= 0.6 is 0 Å². The number of hydrogen-bond acceptors (Lipinski definition) is 4. The first kappa shape index (κ1) is 26.7. The average Bonchev–Trinajstić information content (AvgIpc) is 3.24. The third-order valence-corrected chi connectivity index (χ3v) is 8.03. The van der Waals surface area contributed by atoms with Gasteiger partial charge in [-0.05, 0) is 61.4 Å². The van der Waals surface area contributed by atoms with Crippen LogP contribution in [0.5, 0.6) is 5.75 Å². The monoisotopic (exact) mass is 527 g/mol. The summed E-state index contributed by atoms with van der Waals surface area (Å²) < 4.78 is 5.37. The average molecular weight is 528 g/mol. The molecule has 39 heavy (non-hydrogen) atoms. The third kappa shape index (κ3) is 5.77. The van der Waals surface area contributed by atoms with Crippen LogP contribution in [-0.4, -0.2) is 48.4 Å². The molecule has 1 N–H and O–H groups in total. The van der Waals surface area contributed by atoms with E-state index in [2.05, 4.69) is 5.32 Å². The highest BCUT2D eigenvalue weighted by Crippen LogP contribution is 2.37. The maximum atomic E-state index is 13.6. The normalized spacial score (nSPS) is 15.8. The summed E-state index contributed by atoms with van der Waals surface area (Å²) in [5.41, 5.74) is 2.51. The molecule has 1 unspecified atom stereocenters. The summed E-state index contributed by atoms with van der Waals surface area (Å²) in [6.07, 6.45) is 6.17. The predicted octanol–water partition coefficient (Wildman–Crippen LogP) is 5.46. The van der Waals surface area contributed by atoms with Crippen LogP contribution in [-0.2, 0) is 16.1 Å². The van der Waals surface area contributed by atoms with Crippen LogP contribution in [0.1, 0.15) is 67.8 Å². The van der Waals surface area contributed by atoms with Gasteiger partial charge in [-0.15, -0.1) is 0 Å². The molecule has 0 bridgehead atoms. The van der Waals surface area contributed by atoms with E-state index in [1.54, 1.807) is 23.8 Å². The lowest BCUT2D eigenvalue weighted by molar-refractivity contribution is -0.141. The van der Waals surface area contributed by atoms with Crippen molar-refractivity contribution in [3.8, 4) is 5.75 Å². The molecule has 3 aromatic carbocycles. The molecule has 0 saturated heterocycles. The van der Waals surface area contributed by atoms with Gasteiger partial charge >= 0.3 is 0 Å². The smallest absolute Gasteiger partial charge is 0.258 e. The molecule has 7 nitrogen and oxygen atoms in total. The van der Waals surface area contributed by atoms with Crippen LogP contribution in [0.4, 0.5) is 5.69 Å². The van der Waals surface area contributed by atoms with Crippen LogP contribution in [0.25, 0.3) is 10.8 Å². The topological polar surface area (TPSA) is 79.0 Å². The Hall–Kier alpha value is -3.87. The van der Waals surface area contributed by atoms with Crippen LogP contribution in [0.3, 0.4) is 0 Å². The van der Waals surface area contributed by atoms with Crippen molar-refractivity contribution >= 4 is 34.2 Å². The van der Waals surface area contributed by atoms with Crippen molar-refractivity contribution in [3.05, 3.63) is 71.8 Å². The fraction of sp³-hybridized carbons (Fsp3) is 0.406. The first-order valence-corrected chi connectivity index (χ1v) is 14.0. The number of hydrogen-bond donors (Lipinski definition) is 1. The Balaban J connectivity index is 1.28. The molecule has 0 radical (unpaired) electrons. The maximum Gasteiger partial charge on any atom is 0.258 e. The molecule has 204 valence electrons. The Morgan fingerprint density at radius 3 is 2.56 bits per heavy atom. The second kappa shape index (κ2) is 11.9. The molecule has 0 spiro atoms. The Morgan fingerprint density at radius 1 is 1.05 bits per heavy atom. The van der Waals surface area contributed by atoms with E-state index in [1.165, 1.54) is 6.42 Å². The summed E-state index contributed by atoms with van der Waals surface area (Å²) >= 11 is 0. The van der Waals surface area contributed by atoms with Crippen molar-refractivity contribution in [1.29, 1.82) is 0 Å². The van der Waals surface area contributed by atoms with E-state index in [1.807, 2.05) is 60.7 Å². The van der Waals surface area contributed by atoms with Crippen LogP contribution in [0, 0.1) is 0 Å². The van der Waals surface area contributed by atoms with Gasteiger partial charge in [-0.1, -0.05) is 55.7 Å². The Kier molecular flexibility index (Phi) is 8.15. The molecule has 5 rings (SSSR count). The second-order valence-electron chi connectivity index (χ2n) is 10.6. The molecule has 1 atom stereocenters. The van der Waals surface area contributed by atoms with Gasteiger partial charge in [-0.3, -0.25) is 14.4 Å². The molecule has 1 aliphatic heterocycles. The first-order chi connectivity index (χ1) is 19.0. The highest BCUT2D eigenvalue weighted by atomic mass is 16.5. The summed E-state index contributed by atoms with van der Waals surface area (Å²) in [7, 11) is 1.61. The van der Waals surface area contributed by atoms with E-state index in [-0.39, 0.29) is 30.2 Å². The van der Waals surface area contributed by atoms with E-state index < -0.39 is 6.04 Å². The van der Waals surface area contributed by atoms with Gasteiger partial charge in [0.25, 0.3) is 5.91 Å². The summed E-state index contributed by atoms with van der Waals surface area (Å²) in [5, 5.41) is 5.20. The Morgan fingerprint density at radius 2 is 1.79 bits per heavy atom. The largest absolute Gasteiger partial charge is 0.497 e. The van der Waals surface area contributed by atoms with Crippen LogP contribution in [0.15, 0.2) is 60.7 Å². The van der Waals surface area contributed by atoms with Gasteiger partial charge in [0, 0.05) is 36.5 Å². The summed E-state index contributed by atoms with van der Waals surface area (Å²) in [5.74, 6) is 0.463. The fourth-order valence-corrected chi connectivity index (χ4v) is 5.85. The minimum atomic E-state index is -0.614. The van der Waals surface area contributed by atoms with E-state index in [0.717, 1.165) is 47.7 Å². The van der Waals surface area contributed by atoms with Crippen LogP contribution < -0.4 is 15.0 Å². The number of nitrogens with zero attached hydrogens (tertiary/aromatic N) is 2. The summed E-state index contributed by atoms with van der Waals surface area (Å²) in [4.78, 5) is 43.4. The number of anilines is 1.